The van der Waals surface area contributed by atoms with Crippen molar-refractivity contribution in [3.05, 3.63) is 88.5 Å². The number of amides is 2. The van der Waals surface area contributed by atoms with Gasteiger partial charge in [0.05, 0.1) is 18.3 Å². The van der Waals surface area contributed by atoms with Gasteiger partial charge in [-0.15, -0.1) is 11.3 Å². The third kappa shape index (κ3) is 9.53. The fourth-order valence-electron chi connectivity index (χ4n) is 5.50. The number of hydrogen-bond acceptors (Lipinski definition) is 9. The maximum Gasteiger partial charge on any atom is 0.240 e. The number of piperidine rings is 1. The Labute approximate surface area is 273 Å². The summed E-state index contributed by atoms with van der Waals surface area (Å²) in [5.41, 5.74) is 6.87. The number of para-hydroxylation sites is 1. The van der Waals surface area contributed by atoms with Crippen molar-refractivity contribution in [1.82, 2.24) is 30.2 Å². The minimum absolute atomic E-state index is 0.222. The smallest absolute Gasteiger partial charge is 0.240 e. The zero-order chi connectivity index (χ0) is 33.1. The van der Waals surface area contributed by atoms with Crippen LogP contribution in [0, 0.1) is 5.92 Å². The van der Waals surface area contributed by atoms with Crippen LogP contribution in [0.5, 0.6) is 0 Å². The van der Waals surface area contributed by atoms with Gasteiger partial charge in [0.1, 0.15) is 6.04 Å². The van der Waals surface area contributed by atoms with Gasteiger partial charge in [-0.2, -0.15) is 0 Å². The molecule has 2 amide bonds. The lowest BCUT2D eigenvalue weighted by atomic mass is 9.89. The highest BCUT2D eigenvalue weighted by Crippen LogP contribution is 2.22. The molecule has 14 heteroatoms. The standard InChI is InChI=1S/C31H36N6O5S2.CH5N/c1-37-14-11-22(12-15-37)28(36-44(41,42)20-21-7-3-2-4-8-21)30(40)34-19-27(38)35-26(29(39)31-32-13-16-43-31)17-23-18-33-25-10-6-5-9-24(23)25;1-2/h2-10,13,16,18,22,26,28,33,36H,11-12,14-15,17,19-20H2,1H3,(H,34,40)(H,35,38);2H2,1H3. The van der Waals surface area contributed by atoms with Crippen LogP contribution >= 0.6 is 11.3 Å². The van der Waals surface area contributed by atoms with Crippen molar-refractivity contribution in [3.63, 3.8) is 0 Å². The molecule has 6 N–H and O–H groups in total. The third-order valence-electron chi connectivity index (χ3n) is 7.84. The highest BCUT2D eigenvalue weighted by Gasteiger charge is 2.34. The van der Waals surface area contributed by atoms with Crippen molar-refractivity contribution in [2.75, 3.05) is 33.7 Å². The molecule has 2 aromatic carbocycles. The van der Waals surface area contributed by atoms with Crippen LogP contribution in [0.1, 0.15) is 33.8 Å². The summed E-state index contributed by atoms with van der Waals surface area (Å²) in [5, 5.41) is 8.30. The first-order valence-electron chi connectivity index (χ1n) is 15.0. The van der Waals surface area contributed by atoms with Crippen LogP contribution in [-0.2, 0) is 31.8 Å². The molecule has 2 unspecified atom stereocenters. The van der Waals surface area contributed by atoms with Gasteiger partial charge in [-0.05, 0) is 63.1 Å². The Morgan fingerprint density at radius 2 is 1.76 bits per heavy atom. The van der Waals surface area contributed by atoms with Crippen molar-refractivity contribution >= 4 is 49.9 Å². The van der Waals surface area contributed by atoms with Crippen LogP contribution in [0.3, 0.4) is 0 Å². The number of hydrogen-bond donors (Lipinski definition) is 5. The summed E-state index contributed by atoms with van der Waals surface area (Å²) in [7, 11) is -0.380. The number of sulfonamides is 1. The van der Waals surface area contributed by atoms with E-state index in [1.807, 2.05) is 37.5 Å². The van der Waals surface area contributed by atoms with E-state index >= 15 is 0 Å². The summed E-state index contributed by atoms with van der Waals surface area (Å²) in [6.45, 7) is 1.03. The molecule has 2 aromatic heterocycles. The third-order valence-corrected chi connectivity index (χ3v) is 9.95. The van der Waals surface area contributed by atoms with Gasteiger partial charge in [-0.1, -0.05) is 48.5 Å². The number of H-pyrrole nitrogens is 1. The molecule has 0 radical (unpaired) electrons. The second-order valence-corrected chi connectivity index (χ2v) is 13.7. The van der Waals surface area contributed by atoms with E-state index in [-0.39, 0.29) is 28.9 Å². The van der Waals surface area contributed by atoms with E-state index in [4.69, 9.17) is 0 Å². The maximum absolute atomic E-state index is 13.5. The zero-order valence-corrected chi connectivity index (χ0v) is 27.6. The van der Waals surface area contributed by atoms with Gasteiger partial charge in [-0.3, -0.25) is 14.4 Å². The number of rotatable bonds is 13. The number of nitrogens with two attached hydrogens (primary N) is 1. The maximum atomic E-state index is 13.5. The molecule has 5 rings (SSSR count). The van der Waals surface area contributed by atoms with Gasteiger partial charge < -0.3 is 26.3 Å². The topological polar surface area (TPSA) is 179 Å². The number of nitrogens with zero attached hydrogens (tertiary/aromatic N) is 2. The summed E-state index contributed by atoms with van der Waals surface area (Å²) >= 11 is 1.19. The van der Waals surface area contributed by atoms with Crippen LogP contribution in [0.15, 0.2) is 72.4 Å². The Morgan fingerprint density at radius 3 is 2.46 bits per heavy atom. The molecule has 12 nitrogen and oxygen atoms in total. The number of carbonyl (C=O) groups is 3. The summed E-state index contributed by atoms with van der Waals surface area (Å²) in [4.78, 5) is 49.4. The molecule has 46 heavy (non-hydrogen) atoms. The van der Waals surface area contributed by atoms with E-state index < -0.39 is 40.5 Å². The number of ketones is 1. The van der Waals surface area contributed by atoms with Crippen molar-refractivity contribution in [2.24, 2.45) is 11.7 Å². The van der Waals surface area contributed by atoms with E-state index in [2.05, 4.69) is 36.0 Å². The van der Waals surface area contributed by atoms with E-state index in [1.54, 1.807) is 35.7 Å². The summed E-state index contributed by atoms with van der Waals surface area (Å²) in [5.74, 6) is -1.98. The lowest BCUT2D eigenvalue weighted by molar-refractivity contribution is -0.128. The van der Waals surface area contributed by atoms with Crippen molar-refractivity contribution in [3.8, 4) is 0 Å². The van der Waals surface area contributed by atoms with E-state index in [1.165, 1.54) is 24.6 Å². The number of benzene rings is 2. The molecule has 2 atom stereocenters. The molecule has 0 spiro atoms. The predicted octanol–water partition coefficient (Wildman–Crippen LogP) is 2.06. The lowest BCUT2D eigenvalue weighted by Gasteiger charge is -2.33. The average molecular weight is 668 g/mol. The molecule has 1 aliphatic heterocycles. The van der Waals surface area contributed by atoms with Gasteiger partial charge in [0.15, 0.2) is 5.01 Å². The second-order valence-electron chi connectivity index (χ2n) is 11.1. The molecule has 1 fully saturated rings. The summed E-state index contributed by atoms with van der Waals surface area (Å²) in [6, 6.07) is 14.5. The van der Waals surface area contributed by atoms with Crippen LogP contribution in [0.4, 0.5) is 0 Å². The first-order valence-corrected chi connectivity index (χ1v) is 17.6. The number of carbonyl (C=O) groups excluding carboxylic acids is 3. The van der Waals surface area contributed by atoms with Crippen molar-refractivity contribution in [1.29, 1.82) is 0 Å². The van der Waals surface area contributed by atoms with Crippen molar-refractivity contribution < 1.29 is 22.8 Å². The van der Waals surface area contributed by atoms with E-state index in [0.717, 1.165) is 29.6 Å². The molecule has 0 aliphatic carbocycles. The molecule has 1 aliphatic rings. The van der Waals surface area contributed by atoms with Crippen LogP contribution in [0.2, 0.25) is 0 Å². The average Bonchev–Trinajstić information content (AvgIpc) is 3.75. The largest absolute Gasteiger partial charge is 0.361 e. The fraction of sp³-hybridized carbons (Fsp3) is 0.375. The number of Topliss-reactive ketones (excluding diaryl/α,β-unsaturated/α-hetero) is 1. The molecular formula is C32H41N7O5S2. The number of likely N-dealkylation sites (tertiary alicyclic amines) is 1. The molecule has 3 heterocycles. The number of thiazole rings is 1. The Bertz CT molecular complexity index is 1690. The zero-order valence-electron chi connectivity index (χ0n) is 25.9. The summed E-state index contributed by atoms with van der Waals surface area (Å²) < 4.78 is 28.8. The Morgan fingerprint density at radius 1 is 1.07 bits per heavy atom. The minimum atomic E-state index is -3.86. The molecule has 1 saturated heterocycles. The lowest BCUT2D eigenvalue weighted by Crippen LogP contribution is -2.55. The Kier molecular flexibility index (Phi) is 12.6. The first kappa shape index (κ1) is 34.9. The number of aromatic amines is 1. The van der Waals surface area contributed by atoms with Gasteiger partial charge >= 0.3 is 0 Å². The van der Waals surface area contributed by atoms with E-state index in [0.29, 0.717) is 18.4 Å². The molecule has 0 saturated carbocycles. The molecule has 4 aromatic rings. The monoisotopic (exact) mass is 667 g/mol. The van der Waals surface area contributed by atoms with Gasteiger partial charge in [0.25, 0.3) is 0 Å². The summed E-state index contributed by atoms with van der Waals surface area (Å²) in [6.07, 6.45) is 4.83. The highest BCUT2D eigenvalue weighted by atomic mass is 32.2. The van der Waals surface area contributed by atoms with E-state index in [9.17, 15) is 22.8 Å². The normalized spacial score (nSPS) is 15.4. The number of fused-ring (bicyclic) bond motifs is 1. The molecule has 0 bridgehead atoms. The second kappa shape index (κ2) is 16.6. The predicted molar refractivity (Wildman–Crippen MR) is 180 cm³/mol. The quantitative estimate of drug-likeness (QED) is 0.135. The first-order chi connectivity index (χ1) is 22.2. The molecule has 246 valence electrons. The SMILES string of the molecule is CN.CN1CCC(C(NS(=O)(=O)Cc2ccccc2)C(=O)NCC(=O)NC(Cc2c[nH]c3ccccc23)C(=O)c2nccs2)CC1. The minimum Gasteiger partial charge on any atom is -0.361 e. The highest BCUT2D eigenvalue weighted by molar-refractivity contribution is 7.88. The number of nitrogens with one attached hydrogen (secondary N) is 4. The fourth-order valence-corrected chi connectivity index (χ4v) is 7.53. The van der Waals surface area contributed by atoms with Gasteiger partial charge in [0.2, 0.25) is 27.6 Å². The molecular weight excluding hydrogens is 627 g/mol. The van der Waals surface area contributed by atoms with Crippen molar-refractivity contribution in [2.45, 2.75) is 37.1 Å². The van der Waals surface area contributed by atoms with Crippen LogP contribution < -0.4 is 21.1 Å². The van der Waals surface area contributed by atoms with Gasteiger partial charge in [-0.25, -0.2) is 18.1 Å². The Hall–Kier alpha value is -3.95. The van der Waals surface area contributed by atoms with Crippen LogP contribution in [0.25, 0.3) is 10.9 Å². The van der Waals surface area contributed by atoms with Gasteiger partial charge in [0, 0.05) is 35.1 Å². The Balaban J connectivity index is 0.00000235. The number of aromatic nitrogens is 2. The van der Waals surface area contributed by atoms with Crippen LogP contribution in [-0.4, -0.2) is 86.7 Å².